The minimum Gasteiger partial charge on any atom is -0.364 e. The Hall–Kier alpha value is -4.56. The van der Waals surface area contributed by atoms with E-state index in [2.05, 4.69) is 108 Å². The smallest absolute Gasteiger partial charge is 0.159 e. The molecule has 0 bridgehead atoms. The number of terminal acetylenes is 2. The van der Waals surface area contributed by atoms with Gasteiger partial charge in [-0.05, 0) is 34.8 Å². The Kier molecular flexibility index (Phi) is 13.0. The summed E-state index contributed by atoms with van der Waals surface area (Å²) in [7, 11) is 0. The molecule has 8 heteroatoms. The maximum atomic E-state index is 5.22. The summed E-state index contributed by atoms with van der Waals surface area (Å²) in [6.07, 6.45) is 17.0. The summed E-state index contributed by atoms with van der Waals surface area (Å²) in [5.41, 5.74) is 5.04. The summed E-state index contributed by atoms with van der Waals surface area (Å²) in [5.74, 6) is 6.61. The standard InChI is InChI=1S/C9H13NO.C9H11NO.C9H13NO.C9H11NO/c2*1-5-8-7(6-11-10-8)9(2,3)4;2*1-5-7-6-8(11-10-7)9(2,3)4/h5-6H,1H2,2-4H3;1,6H,2-4H3;5-6H,1H2,2-4H3;1,6H,2-4H3. The maximum absolute atomic E-state index is 5.22. The van der Waals surface area contributed by atoms with E-state index in [0.717, 1.165) is 34.0 Å². The summed E-state index contributed by atoms with van der Waals surface area (Å²) in [6.45, 7) is 32.2. The van der Waals surface area contributed by atoms with Crippen molar-refractivity contribution >= 4 is 12.2 Å². The molecule has 0 saturated heterocycles. The number of nitrogens with zero attached hydrogens (tertiary/aromatic N) is 4. The van der Waals surface area contributed by atoms with Gasteiger partial charge in [0.15, 0.2) is 11.4 Å². The molecule has 4 rings (SSSR count). The van der Waals surface area contributed by atoms with Crippen molar-refractivity contribution in [3.05, 3.63) is 83.2 Å². The molecule has 0 radical (unpaired) electrons. The van der Waals surface area contributed by atoms with Crippen LogP contribution in [0.4, 0.5) is 0 Å². The van der Waals surface area contributed by atoms with E-state index in [1.807, 2.05) is 26.8 Å². The molecular weight excluding hydrogens is 552 g/mol. The van der Waals surface area contributed by atoms with E-state index in [4.69, 9.17) is 30.9 Å². The van der Waals surface area contributed by atoms with Crippen LogP contribution in [0.2, 0.25) is 0 Å². The van der Waals surface area contributed by atoms with Crippen molar-refractivity contribution in [3.8, 4) is 24.7 Å². The molecule has 0 atom stereocenters. The Balaban J connectivity index is 0.000000293. The van der Waals surface area contributed by atoms with Gasteiger partial charge in [-0.25, -0.2) is 0 Å². The molecule has 44 heavy (non-hydrogen) atoms. The van der Waals surface area contributed by atoms with Gasteiger partial charge < -0.3 is 18.1 Å². The van der Waals surface area contributed by atoms with Gasteiger partial charge in [-0.1, -0.05) is 117 Å². The monoisotopic (exact) mass is 600 g/mol. The molecule has 0 amide bonds. The lowest BCUT2D eigenvalue weighted by Crippen LogP contribution is -2.11. The largest absolute Gasteiger partial charge is 0.364 e. The van der Waals surface area contributed by atoms with Crippen LogP contribution < -0.4 is 0 Å². The predicted octanol–water partition coefficient (Wildman–Crippen LogP) is 9.14. The second kappa shape index (κ2) is 15.3. The molecule has 0 aliphatic rings. The fourth-order valence-electron chi connectivity index (χ4n) is 3.26. The minimum atomic E-state index is -0.0118. The highest BCUT2D eigenvalue weighted by atomic mass is 16.5. The molecule has 0 fully saturated rings. The van der Waals surface area contributed by atoms with Gasteiger partial charge in [0.2, 0.25) is 0 Å². The first kappa shape index (κ1) is 37.5. The molecule has 4 heterocycles. The van der Waals surface area contributed by atoms with Crippen LogP contribution in [0.1, 0.15) is 129 Å². The van der Waals surface area contributed by atoms with Crippen LogP contribution in [0.15, 0.2) is 55.9 Å². The van der Waals surface area contributed by atoms with E-state index in [-0.39, 0.29) is 21.7 Å². The minimum absolute atomic E-state index is 0.0118. The van der Waals surface area contributed by atoms with Crippen molar-refractivity contribution < 1.29 is 18.1 Å². The highest BCUT2D eigenvalue weighted by Gasteiger charge is 2.21. The van der Waals surface area contributed by atoms with Gasteiger partial charge in [-0.3, -0.25) is 0 Å². The topological polar surface area (TPSA) is 104 Å². The summed E-state index contributed by atoms with van der Waals surface area (Å²) in [6, 6.07) is 3.70. The van der Waals surface area contributed by atoms with E-state index in [1.165, 1.54) is 0 Å². The van der Waals surface area contributed by atoms with Gasteiger partial charge in [0.1, 0.15) is 35.4 Å². The first-order valence-corrected chi connectivity index (χ1v) is 14.2. The summed E-state index contributed by atoms with van der Waals surface area (Å²) >= 11 is 0. The second-order valence-corrected chi connectivity index (χ2v) is 14.1. The average molecular weight is 601 g/mol. The molecule has 8 nitrogen and oxygen atoms in total. The molecular formula is C36H48N4O4. The van der Waals surface area contributed by atoms with E-state index in [0.29, 0.717) is 11.4 Å². The van der Waals surface area contributed by atoms with Crippen LogP contribution in [-0.4, -0.2) is 20.6 Å². The summed E-state index contributed by atoms with van der Waals surface area (Å²) in [4.78, 5) is 0. The van der Waals surface area contributed by atoms with Crippen LogP contribution in [0.3, 0.4) is 0 Å². The average Bonchev–Trinajstić information content (AvgIpc) is 3.74. The molecule has 4 aromatic heterocycles. The molecule has 0 aliphatic heterocycles. The van der Waals surface area contributed by atoms with Gasteiger partial charge in [-0.2, -0.15) is 0 Å². The van der Waals surface area contributed by atoms with Crippen LogP contribution >= 0.6 is 0 Å². The normalized spacial score (nSPS) is 11.3. The third-order valence-corrected chi connectivity index (χ3v) is 5.99. The first-order valence-electron chi connectivity index (χ1n) is 14.2. The first-order chi connectivity index (χ1) is 20.2. The third-order valence-electron chi connectivity index (χ3n) is 5.99. The molecule has 0 spiro atoms. The van der Waals surface area contributed by atoms with Crippen molar-refractivity contribution in [3.63, 3.8) is 0 Å². The van der Waals surface area contributed by atoms with Crippen molar-refractivity contribution in [1.82, 2.24) is 20.6 Å². The predicted molar refractivity (Wildman–Crippen MR) is 177 cm³/mol. The van der Waals surface area contributed by atoms with Crippen LogP contribution in [0, 0.1) is 24.7 Å². The highest BCUT2D eigenvalue weighted by Crippen LogP contribution is 2.26. The summed E-state index contributed by atoms with van der Waals surface area (Å²) < 4.78 is 19.7. The van der Waals surface area contributed by atoms with Crippen molar-refractivity contribution in [1.29, 1.82) is 0 Å². The van der Waals surface area contributed by atoms with Gasteiger partial charge in [0.25, 0.3) is 0 Å². The van der Waals surface area contributed by atoms with E-state index in [1.54, 1.807) is 30.7 Å². The van der Waals surface area contributed by atoms with Crippen molar-refractivity contribution in [2.45, 2.75) is 105 Å². The Labute approximate surface area is 263 Å². The van der Waals surface area contributed by atoms with Gasteiger partial charge in [0, 0.05) is 34.1 Å². The van der Waals surface area contributed by atoms with Crippen molar-refractivity contribution in [2.24, 2.45) is 0 Å². The molecule has 0 N–H and O–H groups in total. The fourth-order valence-corrected chi connectivity index (χ4v) is 3.26. The lowest BCUT2D eigenvalue weighted by Gasteiger charge is -2.15. The molecule has 0 aliphatic carbocycles. The Morgan fingerprint density at radius 2 is 1.11 bits per heavy atom. The fraction of sp³-hybridized carbons (Fsp3) is 0.444. The number of hydrogen-bond donors (Lipinski definition) is 0. The van der Waals surface area contributed by atoms with E-state index < -0.39 is 0 Å². The quantitative estimate of drug-likeness (QED) is 0.210. The van der Waals surface area contributed by atoms with Gasteiger partial charge in [0.05, 0.1) is 0 Å². The number of rotatable bonds is 2. The summed E-state index contributed by atoms with van der Waals surface area (Å²) in [5, 5.41) is 15.0. The molecule has 4 aromatic rings. The maximum Gasteiger partial charge on any atom is 0.159 e. The zero-order chi connectivity index (χ0) is 33.9. The lowest BCUT2D eigenvalue weighted by molar-refractivity contribution is 0.328. The molecule has 0 unspecified atom stereocenters. The molecule has 0 saturated carbocycles. The zero-order valence-electron chi connectivity index (χ0n) is 28.5. The SMILES string of the molecule is C#Cc1cc(C(C)(C)C)on1.C#Cc1nocc1C(C)(C)C.C=Cc1cc(C(C)(C)C)on1.C=Cc1nocc1C(C)(C)C. The third kappa shape index (κ3) is 11.6. The number of aromatic nitrogens is 4. The van der Waals surface area contributed by atoms with Gasteiger partial charge in [-0.15, -0.1) is 12.8 Å². The Morgan fingerprint density at radius 3 is 1.43 bits per heavy atom. The van der Waals surface area contributed by atoms with Crippen molar-refractivity contribution in [2.75, 3.05) is 0 Å². The molecule has 236 valence electrons. The van der Waals surface area contributed by atoms with Crippen LogP contribution in [0.25, 0.3) is 12.2 Å². The van der Waals surface area contributed by atoms with Crippen LogP contribution in [-0.2, 0) is 21.7 Å². The van der Waals surface area contributed by atoms with Gasteiger partial charge >= 0.3 is 0 Å². The Bertz CT molecular complexity index is 1550. The van der Waals surface area contributed by atoms with E-state index >= 15 is 0 Å². The zero-order valence-corrected chi connectivity index (χ0v) is 28.5. The Morgan fingerprint density at radius 1 is 0.614 bits per heavy atom. The highest BCUT2D eigenvalue weighted by molar-refractivity contribution is 5.47. The van der Waals surface area contributed by atoms with Crippen LogP contribution in [0.5, 0.6) is 0 Å². The molecule has 0 aromatic carbocycles. The second-order valence-electron chi connectivity index (χ2n) is 14.1. The lowest BCUT2D eigenvalue weighted by atomic mass is 9.87. The van der Waals surface area contributed by atoms with E-state index in [9.17, 15) is 0 Å². The number of hydrogen-bond acceptors (Lipinski definition) is 8.